The van der Waals surface area contributed by atoms with Crippen LogP contribution in [-0.4, -0.2) is 53.8 Å². The van der Waals surface area contributed by atoms with E-state index in [1.807, 2.05) is 0 Å². The zero-order valence-electron chi connectivity index (χ0n) is 18.2. The maximum atomic E-state index is 13.0. The second-order valence-corrected chi connectivity index (χ2v) is 10.2. The summed E-state index contributed by atoms with van der Waals surface area (Å²) < 4.78 is 48.2. The summed E-state index contributed by atoms with van der Waals surface area (Å²) in [7, 11) is 0. The molecule has 7 nitrogen and oxygen atoms in total. The molecule has 5 rings (SSSR count). The Balaban J connectivity index is 1.33. The van der Waals surface area contributed by atoms with Crippen LogP contribution in [0.4, 0.5) is 8.78 Å². The van der Waals surface area contributed by atoms with Crippen molar-refractivity contribution in [1.82, 2.24) is 0 Å². The van der Waals surface area contributed by atoms with Gasteiger partial charge in [-0.1, -0.05) is 0 Å². The molecule has 4 saturated carbocycles. The molecule has 0 N–H and O–H groups in total. The van der Waals surface area contributed by atoms with Crippen LogP contribution in [0.5, 0.6) is 0 Å². The summed E-state index contributed by atoms with van der Waals surface area (Å²) in [5.41, 5.74) is -0.552. The van der Waals surface area contributed by atoms with E-state index in [0.717, 1.165) is 19.3 Å². The first-order valence-electron chi connectivity index (χ1n) is 11.0. The summed E-state index contributed by atoms with van der Waals surface area (Å²) in [5, 5.41) is 0. The standard InChI is InChI=1S/C22H30F2O7/c1-20(2)29-15(6-16(30-20)11-28-19(27)21(3,23)24)7-17(25)31-22-8-12-4-13(9-22)18(26)14(5-12)10-22/h12-16H,4-11H2,1-3H3. The fourth-order valence-electron chi connectivity index (χ4n) is 6.01. The van der Waals surface area contributed by atoms with Crippen LogP contribution in [0.2, 0.25) is 0 Å². The Morgan fingerprint density at radius 2 is 1.68 bits per heavy atom. The highest BCUT2D eigenvalue weighted by atomic mass is 19.3. The van der Waals surface area contributed by atoms with Crippen LogP contribution >= 0.6 is 0 Å². The number of esters is 2. The van der Waals surface area contributed by atoms with Crippen molar-refractivity contribution in [3.63, 3.8) is 0 Å². The number of carbonyl (C=O) groups is 3. The topological polar surface area (TPSA) is 88.1 Å². The fraction of sp³-hybridized carbons (Fsp3) is 0.864. The largest absolute Gasteiger partial charge is 0.459 e. The zero-order chi connectivity index (χ0) is 22.6. The Morgan fingerprint density at radius 3 is 2.29 bits per heavy atom. The smallest absolute Gasteiger partial charge is 0.376 e. The number of carbonyl (C=O) groups excluding carboxylic acids is 3. The Hall–Kier alpha value is -1.61. The van der Waals surface area contributed by atoms with Crippen molar-refractivity contribution in [3.05, 3.63) is 0 Å². The second kappa shape index (κ2) is 7.76. The lowest BCUT2D eigenvalue weighted by atomic mass is 9.53. The van der Waals surface area contributed by atoms with Gasteiger partial charge in [-0.05, 0) is 51.9 Å². The Bertz CT molecular complexity index is 741. The van der Waals surface area contributed by atoms with Crippen molar-refractivity contribution in [1.29, 1.82) is 0 Å². The number of halogens is 2. The van der Waals surface area contributed by atoms with Crippen LogP contribution in [0.1, 0.15) is 65.7 Å². The highest BCUT2D eigenvalue weighted by Crippen LogP contribution is 2.55. The maximum Gasteiger partial charge on any atom is 0.376 e. The Morgan fingerprint density at radius 1 is 1.06 bits per heavy atom. The van der Waals surface area contributed by atoms with E-state index in [9.17, 15) is 23.2 Å². The lowest BCUT2D eigenvalue weighted by Gasteiger charge is -2.54. The summed E-state index contributed by atoms with van der Waals surface area (Å²) in [4.78, 5) is 36.5. The van der Waals surface area contributed by atoms with Crippen LogP contribution < -0.4 is 0 Å². The molecule has 0 aromatic carbocycles. The minimum Gasteiger partial charge on any atom is -0.459 e. The zero-order valence-corrected chi connectivity index (χ0v) is 18.2. The van der Waals surface area contributed by atoms with E-state index in [0.29, 0.717) is 31.5 Å². The third-order valence-corrected chi connectivity index (χ3v) is 6.85. The van der Waals surface area contributed by atoms with Gasteiger partial charge in [-0.2, -0.15) is 8.78 Å². The number of ketones is 1. The van der Waals surface area contributed by atoms with E-state index in [2.05, 4.69) is 4.74 Å². The highest BCUT2D eigenvalue weighted by Gasteiger charge is 2.57. The van der Waals surface area contributed by atoms with Crippen LogP contribution in [-0.2, 0) is 33.3 Å². The van der Waals surface area contributed by atoms with E-state index in [-0.39, 0.29) is 31.3 Å². The lowest BCUT2D eigenvalue weighted by molar-refractivity contribution is -0.305. The molecule has 1 aliphatic heterocycles. The van der Waals surface area contributed by atoms with Crippen molar-refractivity contribution in [2.24, 2.45) is 17.8 Å². The van der Waals surface area contributed by atoms with Gasteiger partial charge in [-0.3, -0.25) is 9.59 Å². The first kappa shape index (κ1) is 22.6. The average molecular weight is 444 g/mol. The van der Waals surface area contributed by atoms with Crippen LogP contribution in [0.25, 0.3) is 0 Å². The van der Waals surface area contributed by atoms with E-state index in [4.69, 9.17) is 14.2 Å². The van der Waals surface area contributed by atoms with Crippen molar-refractivity contribution < 1.29 is 42.1 Å². The molecule has 31 heavy (non-hydrogen) atoms. The summed E-state index contributed by atoms with van der Waals surface area (Å²) in [5.74, 6) is -5.88. The summed E-state index contributed by atoms with van der Waals surface area (Å²) >= 11 is 0. The number of Topliss-reactive ketones (excluding diaryl/α,β-unsaturated/α-hetero) is 1. The molecule has 0 aromatic rings. The lowest BCUT2D eigenvalue weighted by Crippen LogP contribution is -2.57. The molecule has 4 atom stereocenters. The predicted octanol–water partition coefficient (Wildman–Crippen LogP) is 3.18. The third-order valence-electron chi connectivity index (χ3n) is 6.85. The molecule has 5 fully saturated rings. The molecule has 1 saturated heterocycles. The monoisotopic (exact) mass is 444 g/mol. The fourth-order valence-corrected chi connectivity index (χ4v) is 6.01. The first-order chi connectivity index (χ1) is 14.3. The molecule has 4 aliphatic carbocycles. The molecule has 1 heterocycles. The second-order valence-electron chi connectivity index (χ2n) is 10.2. The average Bonchev–Trinajstić information content (AvgIpc) is 2.60. The minimum atomic E-state index is -3.58. The van der Waals surface area contributed by atoms with Crippen molar-refractivity contribution in [2.75, 3.05) is 6.61 Å². The Kier molecular flexibility index (Phi) is 5.65. The first-order valence-corrected chi connectivity index (χ1v) is 11.0. The van der Waals surface area contributed by atoms with E-state index in [1.165, 1.54) is 0 Å². The van der Waals surface area contributed by atoms with Gasteiger partial charge in [0.2, 0.25) is 0 Å². The van der Waals surface area contributed by atoms with Crippen LogP contribution in [0.15, 0.2) is 0 Å². The van der Waals surface area contributed by atoms with Gasteiger partial charge in [0.15, 0.2) is 5.79 Å². The number of hydrogen-bond donors (Lipinski definition) is 0. The molecule has 0 spiro atoms. The molecule has 9 heteroatoms. The molecular weight excluding hydrogens is 414 g/mol. The minimum absolute atomic E-state index is 0.00748. The van der Waals surface area contributed by atoms with Crippen LogP contribution in [0.3, 0.4) is 0 Å². The molecular formula is C22H30F2O7. The quantitative estimate of drug-likeness (QED) is 0.582. The van der Waals surface area contributed by atoms with Crippen molar-refractivity contribution in [3.8, 4) is 0 Å². The molecule has 174 valence electrons. The van der Waals surface area contributed by atoms with E-state index >= 15 is 0 Å². The van der Waals surface area contributed by atoms with Gasteiger partial charge in [0.25, 0.3) is 0 Å². The van der Waals surface area contributed by atoms with Gasteiger partial charge in [0.1, 0.15) is 18.0 Å². The third kappa shape index (κ3) is 4.92. The number of hydrogen-bond acceptors (Lipinski definition) is 7. The summed E-state index contributed by atoms with van der Waals surface area (Å²) in [6.45, 7) is 3.43. The number of rotatable bonds is 6. The molecule has 4 bridgehead atoms. The SMILES string of the molecule is CC1(C)OC(COC(=O)C(C)(F)F)CC(CC(=O)OC23CC4CC(C2)C(=O)C(C4)C3)O1. The predicted molar refractivity (Wildman–Crippen MR) is 102 cm³/mol. The molecule has 0 radical (unpaired) electrons. The van der Waals surface area contributed by atoms with Gasteiger partial charge in [-0.15, -0.1) is 0 Å². The maximum absolute atomic E-state index is 13.0. The van der Waals surface area contributed by atoms with Crippen LogP contribution in [0, 0.1) is 17.8 Å². The normalized spacial score (nSPS) is 38.7. The van der Waals surface area contributed by atoms with Gasteiger partial charge < -0.3 is 18.9 Å². The number of alkyl halides is 2. The highest BCUT2D eigenvalue weighted by molar-refractivity contribution is 5.86. The molecule has 0 aromatic heterocycles. The van der Waals surface area contributed by atoms with Gasteiger partial charge >= 0.3 is 17.9 Å². The van der Waals surface area contributed by atoms with Crippen molar-refractivity contribution in [2.45, 2.75) is 95.2 Å². The van der Waals surface area contributed by atoms with Gasteiger partial charge in [-0.25, -0.2) is 4.79 Å². The Labute approximate surface area is 180 Å². The summed E-state index contributed by atoms with van der Waals surface area (Å²) in [6.07, 6.45) is 2.79. The van der Waals surface area contributed by atoms with Gasteiger partial charge in [0, 0.05) is 25.2 Å². The van der Waals surface area contributed by atoms with Gasteiger partial charge in [0.05, 0.1) is 18.6 Å². The molecule has 4 unspecified atom stereocenters. The summed E-state index contributed by atoms with van der Waals surface area (Å²) in [6, 6.07) is 0. The molecule has 5 aliphatic rings. The molecule has 0 amide bonds. The van der Waals surface area contributed by atoms with Crippen molar-refractivity contribution >= 4 is 17.7 Å². The number of ether oxygens (including phenoxy) is 4. The van der Waals surface area contributed by atoms with E-state index in [1.54, 1.807) is 13.8 Å². The van der Waals surface area contributed by atoms with E-state index < -0.39 is 41.5 Å².